The van der Waals surface area contributed by atoms with Crippen LogP contribution in [0.3, 0.4) is 0 Å². The number of hydrogen-bond acceptors (Lipinski definition) is 6. The molecule has 0 bridgehead atoms. The number of carbonyl (C=O) groups excluding carboxylic acids is 2. The molecule has 1 atom stereocenters. The maximum atomic E-state index is 13.2. The molecule has 250 valence electrons. The highest BCUT2D eigenvalue weighted by atomic mass is 16.2. The SMILES string of the molecule is CCC(C)N1CCN(C(=O)c2ccc(Nc3nc(-c4cccc(NC(=O)c5ccc(C(C)(C)C)cc5)c4C)cn(C)c3=O)cc2)CC1.[HH].[HH]. The molecule has 0 radical (unpaired) electrons. The zero-order chi connectivity index (χ0) is 33.9. The summed E-state index contributed by atoms with van der Waals surface area (Å²) in [6.07, 6.45) is 2.79. The Morgan fingerprint density at radius 2 is 1.57 bits per heavy atom. The number of aromatic nitrogens is 2. The van der Waals surface area contributed by atoms with Gasteiger partial charge in [-0.25, -0.2) is 4.98 Å². The first-order chi connectivity index (χ1) is 22.3. The molecule has 0 aliphatic carbocycles. The number of nitrogens with zero attached hydrogens (tertiary/aromatic N) is 4. The molecule has 2 heterocycles. The lowest BCUT2D eigenvalue weighted by Gasteiger charge is -2.37. The average molecular weight is 639 g/mol. The number of hydrogen-bond donors (Lipinski definition) is 2. The van der Waals surface area contributed by atoms with Crippen molar-refractivity contribution in [3.63, 3.8) is 0 Å². The summed E-state index contributed by atoms with van der Waals surface area (Å²) in [5.74, 6) is -0.0180. The van der Waals surface area contributed by atoms with Crippen molar-refractivity contribution in [2.75, 3.05) is 36.8 Å². The van der Waals surface area contributed by atoms with E-state index in [1.54, 1.807) is 37.5 Å². The summed E-state index contributed by atoms with van der Waals surface area (Å²) in [6, 6.07) is 21.0. The third-order valence-electron chi connectivity index (χ3n) is 9.15. The highest BCUT2D eigenvalue weighted by Crippen LogP contribution is 2.29. The summed E-state index contributed by atoms with van der Waals surface area (Å²) < 4.78 is 1.49. The van der Waals surface area contributed by atoms with E-state index in [1.165, 1.54) is 4.57 Å². The van der Waals surface area contributed by atoms with Crippen molar-refractivity contribution in [3.05, 3.63) is 106 Å². The molecule has 1 unspecified atom stereocenters. The maximum absolute atomic E-state index is 13.2. The van der Waals surface area contributed by atoms with E-state index in [4.69, 9.17) is 4.98 Å². The third-order valence-corrected chi connectivity index (χ3v) is 9.15. The highest BCUT2D eigenvalue weighted by molar-refractivity contribution is 6.05. The zero-order valence-electron chi connectivity index (χ0n) is 28.6. The lowest BCUT2D eigenvalue weighted by atomic mass is 9.86. The second kappa shape index (κ2) is 13.9. The standard InChI is InChI=1S/C38H46N6O3.2H2/c1-8-25(2)43-20-22-44(23-21-43)36(46)28-14-18-30(19-15-28)39-34-37(47)42(7)24-33(40-34)31-10-9-11-32(26(31)3)41-35(45)27-12-16-29(17-13-27)38(4,5)6;;/h9-19,24-25H,8,20-23H2,1-7H3,(H,39,40)(H,41,45);2*1H. The molecule has 47 heavy (non-hydrogen) atoms. The molecule has 0 saturated carbocycles. The van der Waals surface area contributed by atoms with Crippen LogP contribution in [-0.4, -0.2) is 63.4 Å². The first-order valence-corrected chi connectivity index (χ1v) is 16.4. The minimum atomic E-state index is -0.283. The number of nitrogens with one attached hydrogen (secondary N) is 2. The Morgan fingerprint density at radius 3 is 2.19 bits per heavy atom. The van der Waals surface area contributed by atoms with Gasteiger partial charge < -0.3 is 20.1 Å². The van der Waals surface area contributed by atoms with Crippen LogP contribution in [0.2, 0.25) is 0 Å². The van der Waals surface area contributed by atoms with Crippen LogP contribution in [0.1, 0.15) is 75.7 Å². The fourth-order valence-electron chi connectivity index (χ4n) is 5.82. The molecular weight excluding hydrogens is 588 g/mol. The van der Waals surface area contributed by atoms with E-state index in [9.17, 15) is 14.4 Å². The predicted octanol–water partition coefficient (Wildman–Crippen LogP) is 7.10. The van der Waals surface area contributed by atoms with Crippen molar-refractivity contribution in [1.29, 1.82) is 0 Å². The van der Waals surface area contributed by atoms with Gasteiger partial charge in [0.1, 0.15) is 0 Å². The van der Waals surface area contributed by atoms with Gasteiger partial charge in [0.25, 0.3) is 17.4 Å². The van der Waals surface area contributed by atoms with Crippen LogP contribution in [0, 0.1) is 6.92 Å². The summed E-state index contributed by atoms with van der Waals surface area (Å²) in [4.78, 5) is 48.4. The van der Waals surface area contributed by atoms with Crippen LogP contribution in [0.25, 0.3) is 11.3 Å². The summed E-state index contributed by atoms with van der Waals surface area (Å²) in [6.45, 7) is 16.0. The fourth-order valence-corrected chi connectivity index (χ4v) is 5.82. The lowest BCUT2D eigenvalue weighted by molar-refractivity contribution is 0.0579. The van der Waals surface area contributed by atoms with Gasteiger partial charge in [0.15, 0.2) is 5.82 Å². The molecule has 4 aromatic rings. The Bertz CT molecular complexity index is 1810. The fraction of sp³-hybridized carbons (Fsp3) is 0.368. The van der Waals surface area contributed by atoms with Crippen LogP contribution in [-0.2, 0) is 12.5 Å². The Kier molecular flexibility index (Phi) is 9.96. The van der Waals surface area contributed by atoms with Crippen LogP contribution < -0.4 is 16.2 Å². The van der Waals surface area contributed by atoms with Gasteiger partial charge in [-0.3, -0.25) is 19.3 Å². The number of rotatable bonds is 8. The van der Waals surface area contributed by atoms with Gasteiger partial charge >= 0.3 is 0 Å². The Labute approximate surface area is 280 Å². The van der Waals surface area contributed by atoms with Crippen molar-refractivity contribution in [3.8, 4) is 11.3 Å². The molecule has 2 amide bonds. The van der Waals surface area contributed by atoms with Crippen LogP contribution >= 0.6 is 0 Å². The predicted molar refractivity (Wildman–Crippen MR) is 194 cm³/mol. The molecule has 5 rings (SSSR count). The van der Waals surface area contributed by atoms with E-state index in [1.807, 2.05) is 54.3 Å². The summed E-state index contributed by atoms with van der Waals surface area (Å²) in [5.41, 5.74) is 5.59. The first-order valence-electron chi connectivity index (χ1n) is 16.4. The van der Waals surface area contributed by atoms with Crippen molar-refractivity contribution in [2.45, 2.75) is 59.4 Å². The zero-order valence-corrected chi connectivity index (χ0v) is 28.6. The monoisotopic (exact) mass is 638 g/mol. The van der Waals surface area contributed by atoms with Gasteiger partial charge in [-0.05, 0) is 79.3 Å². The number of anilines is 3. The van der Waals surface area contributed by atoms with Gasteiger partial charge in [-0.1, -0.05) is 52.0 Å². The van der Waals surface area contributed by atoms with E-state index in [0.29, 0.717) is 47.3 Å². The molecule has 1 aromatic heterocycles. The Morgan fingerprint density at radius 1 is 0.936 bits per heavy atom. The molecular formula is C38H50N6O3. The van der Waals surface area contributed by atoms with E-state index in [2.05, 4.69) is 50.2 Å². The molecule has 1 aliphatic heterocycles. The van der Waals surface area contributed by atoms with Crippen molar-refractivity contribution in [2.24, 2.45) is 7.05 Å². The van der Waals surface area contributed by atoms with Crippen molar-refractivity contribution in [1.82, 2.24) is 19.4 Å². The molecule has 1 saturated heterocycles. The second-order valence-electron chi connectivity index (χ2n) is 13.4. The van der Waals surface area contributed by atoms with Crippen LogP contribution in [0.4, 0.5) is 17.2 Å². The van der Waals surface area contributed by atoms with Gasteiger partial charge in [0.05, 0.1) is 5.69 Å². The number of benzene rings is 3. The molecule has 3 aromatic carbocycles. The Balaban J connectivity index is 0.00000325. The molecule has 9 nitrogen and oxygen atoms in total. The normalized spacial score (nSPS) is 14.5. The summed E-state index contributed by atoms with van der Waals surface area (Å²) in [7, 11) is 1.68. The van der Waals surface area contributed by atoms with Crippen molar-refractivity contribution >= 4 is 29.0 Å². The number of amides is 2. The largest absolute Gasteiger partial charge is 0.336 e. The molecule has 1 aliphatic rings. The quantitative estimate of drug-likeness (QED) is 0.214. The van der Waals surface area contributed by atoms with E-state index in [-0.39, 0.29) is 31.5 Å². The smallest absolute Gasteiger partial charge is 0.293 e. The van der Waals surface area contributed by atoms with Crippen LogP contribution in [0.5, 0.6) is 0 Å². The first kappa shape index (κ1) is 33.6. The van der Waals surface area contributed by atoms with Gasteiger partial charge in [-0.2, -0.15) is 0 Å². The molecule has 1 fully saturated rings. The number of aryl methyl sites for hydroxylation is 1. The second-order valence-corrected chi connectivity index (χ2v) is 13.4. The summed E-state index contributed by atoms with van der Waals surface area (Å²) >= 11 is 0. The number of piperazine rings is 1. The average Bonchev–Trinajstić information content (AvgIpc) is 3.07. The molecule has 0 spiro atoms. The topological polar surface area (TPSA) is 99.6 Å². The van der Waals surface area contributed by atoms with Gasteiger partial charge in [0.2, 0.25) is 0 Å². The number of carbonyl (C=O) groups is 2. The van der Waals surface area contributed by atoms with Crippen molar-refractivity contribution < 1.29 is 12.4 Å². The van der Waals surface area contributed by atoms with Gasteiger partial charge in [0, 0.05) is 76.4 Å². The third kappa shape index (κ3) is 7.63. The summed E-state index contributed by atoms with van der Waals surface area (Å²) in [5, 5.41) is 6.19. The Hall–Kier alpha value is -4.76. The lowest BCUT2D eigenvalue weighted by Crippen LogP contribution is -2.51. The minimum Gasteiger partial charge on any atom is -0.336 e. The minimum absolute atomic E-state index is 0. The van der Waals surface area contributed by atoms with Gasteiger partial charge in [-0.15, -0.1) is 0 Å². The van der Waals surface area contributed by atoms with Crippen LogP contribution in [0.15, 0.2) is 77.7 Å². The molecule has 9 heteroatoms. The van der Waals surface area contributed by atoms with E-state index >= 15 is 0 Å². The highest BCUT2D eigenvalue weighted by Gasteiger charge is 2.24. The van der Waals surface area contributed by atoms with E-state index < -0.39 is 0 Å². The molecule has 2 N–H and O–H groups in total. The maximum Gasteiger partial charge on any atom is 0.293 e. The van der Waals surface area contributed by atoms with E-state index in [0.717, 1.165) is 36.2 Å².